The number of hydrogen-bond acceptors (Lipinski definition) is 9. The van der Waals surface area contributed by atoms with Crippen LogP contribution in [0.1, 0.15) is 35.2 Å². The van der Waals surface area contributed by atoms with Gasteiger partial charge in [-0.05, 0) is 37.6 Å². The third kappa shape index (κ3) is 4.20. The standard InChI is InChI=1S/C20H20N7O4S3/c1-20(3-4-20)24-34(30,31)16-5-14-17(28)26(10-12-7-23-25(2)9-12)19(29)27(18(14)33-16)11-13-8-22-15(6-21)32-13/h5,7-9,14,24H,3-4,10-11H2,1-2H3/q+1. The minimum atomic E-state index is -3.85. The molecule has 3 aliphatic rings. The number of amides is 3. The molecule has 11 nitrogen and oxygen atoms in total. The molecule has 34 heavy (non-hydrogen) atoms. The van der Waals surface area contributed by atoms with Crippen LogP contribution in [-0.2, 0) is 35.0 Å². The average molecular weight is 519 g/mol. The molecule has 1 saturated carbocycles. The van der Waals surface area contributed by atoms with E-state index in [4.69, 9.17) is 5.26 Å². The zero-order valence-corrected chi connectivity index (χ0v) is 20.7. The van der Waals surface area contributed by atoms with Crippen molar-refractivity contribution < 1.29 is 22.6 Å². The first-order valence-corrected chi connectivity index (χ1v) is 13.5. The molecule has 176 valence electrons. The second-order valence-corrected chi connectivity index (χ2v) is 12.7. The number of hydrogen-bond donors (Lipinski definition) is 1. The predicted molar refractivity (Wildman–Crippen MR) is 124 cm³/mol. The molecular weight excluding hydrogens is 498 g/mol. The molecule has 1 N–H and O–H groups in total. The third-order valence-corrected chi connectivity index (χ3v) is 9.98. The molecule has 1 fully saturated rings. The van der Waals surface area contributed by atoms with E-state index in [1.54, 1.807) is 24.1 Å². The summed E-state index contributed by atoms with van der Waals surface area (Å²) < 4.78 is 31.7. The Hall–Kier alpha value is -2.86. The van der Waals surface area contributed by atoms with Crippen LogP contribution in [0.3, 0.4) is 0 Å². The van der Waals surface area contributed by atoms with Crippen LogP contribution >= 0.6 is 23.1 Å². The summed E-state index contributed by atoms with van der Waals surface area (Å²) >= 11 is 2.06. The van der Waals surface area contributed by atoms with Crippen molar-refractivity contribution in [2.45, 2.75) is 38.4 Å². The van der Waals surface area contributed by atoms with Crippen molar-refractivity contribution in [3.63, 3.8) is 0 Å². The number of carbonyl (C=O) groups excluding carboxylic acids is 2. The van der Waals surface area contributed by atoms with Crippen LogP contribution in [0.2, 0.25) is 0 Å². The minimum absolute atomic E-state index is 0.00876. The van der Waals surface area contributed by atoms with Crippen molar-refractivity contribution in [1.29, 1.82) is 5.26 Å². The molecule has 14 heteroatoms. The normalized spacial score (nSPS) is 21.5. The van der Waals surface area contributed by atoms with E-state index in [0.29, 0.717) is 15.5 Å². The number of fused-ring (bicyclic) bond motifs is 1. The summed E-state index contributed by atoms with van der Waals surface area (Å²) in [5.74, 6) is -1.39. The Kier molecular flexibility index (Phi) is 5.47. The second-order valence-electron chi connectivity index (χ2n) is 8.63. The van der Waals surface area contributed by atoms with Gasteiger partial charge in [-0.1, -0.05) is 0 Å². The van der Waals surface area contributed by atoms with Crippen LogP contribution in [0.25, 0.3) is 0 Å². The fourth-order valence-electron chi connectivity index (χ4n) is 3.73. The summed E-state index contributed by atoms with van der Waals surface area (Å²) in [6.45, 7) is 1.91. The monoisotopic (exact) mass is 518 g/mol. The van der Waals surface area contributed by atoms with E-state index in [1.165, 1.54) is 16.8 Å². The van der Waals surface area contributed by atoms with Crippen molar-refractivity contribution >= 4 is 50.1 Å². The maximum Gasteiger partial charge on any atom is 0.501 e. The molecule has 2 aliphatic heterocycles. The van der Waals surface area contributed by atoms with Gasteiger partial charge in [-0.25, -0.2) is 22.9 Å². The molecule has 0 aromatic carbocycles. The van der Waals surface area contributed by atoms with Crippen molar-refractivity contribution in [1.82, 2.24) is 24.4 Å². The molecule has 2 aromatic rings. The van der Waals surface area contributed by atoms with Crippen molar-refractivity contribution in [2.24, 2.45) is 13.0 Å². The van der Waals surface area contributed by atoms with E-state index in [0.717, 1.165) is 40.8 Å². The van der Waals surface area contributed by atoms with Crippen molar-refractivity contribution in [3.05, 3.63) is 44.4 Å². The summed E-state index contributed by atoms with van der Waals surface area (Å²) in [6, 6.07) is 1.41. The Bertz CT molecular complexity index is 1430. The van der Waals surface area contributed by atoms with Gasteiger partial charge in [0.25, 0.3) is 0 Å². The van der Waals surface area contributed by atoms with Crippen LogP contribution in [0.4, 0.5) is 4.79 Å². The molecule has 0 saturated heterocycles. The molecule has 4 heterocycles. The zero-order valence-electron chi connectivity index (χ0n) is 18.3. The maximum absolute atomic E-state index is 13.5. The predicted octanol–water partition coefficient (Wildman–Crippen LogP) is 1.50. The van der Waals surface area contributed by atoms with Gasteiger partial charge >= 0.3 is 11.9 Å². The number of aryl methyl sites for hydroxylation is 1. The Morgan fingerprint density at radius 3 is 2.74 bits per heavy atom. The lowest BCUT2D eigenvalue weighted by Crippen LogP contribution is -2.52. The van der Waals surface area contributed by atoms with Crippen LogP contribution in [0.15, 0.2) is 28.9 Å². The fourth-order valence-corrected chi connectivity index (χ4v) is 7.48. The van der Waals surface area contributed by atoms with Gasteiger partial charge in [-0.2, -0.15) is 24.6 Å². The smallest absolute Gasteiger partial charge is 0.275 e. The molecule has 1 atom stereocenters. The molecule has 2 aromatic heterocycles. The van der Waals surface area contributed by atoms with Gasteiger partial charge in [0.2, 0.25) is 10.0 Å². The maximum atomic E-state index is 13.5. The third-order valence-electron chi connectivity index (χ3n) is 5.74. The Labute approximate surface area is 203 Å². The SMILES string of the molecule is Cn1cc(CN2C(=O)C3C=C(S(=O)(=O)NC4(C)CC4)SC3=[N+](Cc3cnc(C#N)s3)C2=O)cn1. The number of carbonyl (C=O) groups is 2. The number of thioether (sulfide) groups is 1. The largest absolute Gasteiger partial charge is 0.501 e. The first kappa shape index (κ1) is 22.9. The van der Waals surface area contributed by atoms with Crippen molar-refractivity contribution in [2.75, 3.05) is 0 Å². The summed E-state index contributed by atoms with van der Waals surface area (Å²) in [5.41, 5.74) is 0.198. The number of imide groups is 1. The highest BCUT2D eigenvalue weighted by Gasteiger charge is 2.53. The van der Waals surface area contributed by atoms with E-state index in [9.17, 15) is 18.0 Å². The molecule has 0 radical (unpaired) electrons. The average Bonchev–Trinajstić information content (AvgIpc) is 3.20. The fraction of sp³-hybridized carbons (Fsp3) is 0.400. The lowest BCUT2D eigenvalue weighted by Gasteiger charge is -2.23. The van der Waals surface area contributed by atoms with Gasteiger partial charge in [-0.3, -0.25) is 4.68 Å². The number of thiazole rings is 1. The Morgan fingerprint density at radius 2 is 2.12 bits per heavy atom. The highest BCUT2D eigenvalue weighted by Crippen LogP contribution is 2.42. The summed E-state index contributed by atoms with van der Waals surface area (Å²) in [4.78, 5) is 32.6. The molecular formula is C20H20N7O4S3+. The van der Waals surface area contributed by atoms with E-state index in [-0.39, 0.29) is 22.3 Å². The molecule has 5 rings (SSSR count). The lowest BCUT2D eigenvalue weighted by atomic mass is 10.1. The van der Waals surface area contributed by atoms with Crippen LogP contribution in [0, 0.1) is 17.2 Å². The number of nitriles is 1. The molecule has 3 amide bonds. The second kappa shape index (κ2) is 8.12. The number of nitrogens with one attached hydrogen (secondary N) is 1. The number of sulfonamides is 1. The van der Waals surface area contributed by atoms with E-state index in [1.807, 2.05) is 13.0 Å². The Balaban J connectivity index is 1.52. The van der Waals surface area contributed by atoms with E-state index >= 15 is 0 Å². The first-order chi connectivity index (χ1) is 16.1. The van der Waals surface area contributed by atoms with Gasteiger partial charge < -0.3 is 0 Å². The lowest BCUT2D eigenvalue weighted by molar-refractivity contribution is -0.453. The summed E-state index contributed by atoms with van der Waals surface area (Å²) in [7, 11) is -2.11. The van der Waals surface area contributed by atoms with Crippen LogP contribution in [0.5, 0.6) is 0 Å². The number of urea groups is 1. The van der Waals surface area contributed by atoms with Crippen LogP contribution < -0.4 is 4.72 Å². The van der Waals surface area contributed by atoms with Crippen LogP contribution in [-0.4, -0.2) is 55.2 Å². The van der Waals surface area contributed by atoms with Gasteiger partial charge in [0.1, 0.15) is 29.3 Å². The highest BCUT2D eigenvalue weighted by atomic mass is 32.3. The van der Waals surface area contributed by atoms with Gasteiger partial charge in [0.05, 0.1) is 11.1 Å². The van der Waals surface area contributed by atoms with Gasteiger partial charge in [0.15, 0.2) is 10.1 Å². The van der Waals surface area contributed by atoms with E-state index in [2.05, 4.69) is 14.8 Å². The van der Waals surface area contributed by atoms with Gasteiger partial charge in [-0.15, -0.1) is 11.3 Å². The molecule has 1 unspecified atom stereocenters. The number of aromatic nitrogens is 3. The molecule has 0 bridgehead atoms. The summed E-state index contributed by atoms with van der Waals surface area (Å²) in [5, 5.41) is 13.8. The highest BCUT2D eigenvalue weighted by molar-refractivity contribution is 8.27. The minimum Gasteiger partial charge on any atom is -0.275 e. The number of rotatable bonds is 7. The first-order valence-electron chi connectivity index (χ1n) is 10.3. The quantitative estimate of drug-likeness (QED) is 0.544. The van der Waals surface area contributed by atoms with Crippen molar-refractivity contribution in [3.8, 4) is 6.07 Å². The summed E-state index contributed by atoms with van der Waals surface area (Å²) in [6.07, 6.45) is 7.70. The molecule has 0 spiro atoms. The zero-order chi connectivity index (χ0) is 24.3. The number of nitrogens with zero attached hydrogens (tertiary/aromatic N) is 6. The topological polar surface area (TPSA) is 141 Å². The van der Waals surface area contributed by atoms with Gasteiger partial charge in [0, 0.05) is 30.5 Å². The molecule has 1 aliphatic carbocycles. The Morgan fingerprint density at radius 1 is 1.35 bits per heavy atom. The van der Waals surface area contributed by atoms with E-state index < -0.39 is 33.4 Å².